The van der Waals surface area contributed by atoms with Crippen molar-refractivity contribution in [2.24, 2.45) is 13.0 Å². The van der Waals surface area contributed by atoms with Gasteiger partial charge in [-0.2, -0.15) is 14.5 Å². The number of nitrogens with zero attached hydrogens (tertiary/aromatic N) is 5. The number of aromatic nitrogens is 4. The molecule has 0 bridgehead atoms. The second kappa shape index (κ2) is 9.81. The molecule has 12 nitrogen and oxygen atoms in total. The first-order chi connectivity index (χ1) is 16.3. The van der Waals surface area contributed by atoms with Gasteiger partial charge in [-0.3, -0.25) is 19.0 Å². The van der Waals surface area contributed by atoms with Crippen LogP contribution in [0.1, 0.15) is 36.0 Å². The molecule has 1 aliphatic rings. The Balaban J connectivity index is 1.45. The quantitative estimate of drug-likeness (QED) is 0.484. The van der Waals surface area contributed by atoms with Gasteiger partial charge in [0.1, 0.15) is 10.7 Å². The number of sulfonamides is 1. The van der Waals surface area contributed by atoms with E-state index in [1.54, 1.807) is 30.1 Å². The topological polar surface area (TPSA) is 144 Å². The van der Waals surface area contributed by atoms with E-state index in [9.17, 15) is 18.0 Å². The summed E-state index contributed by atoms with van der Waals surface area (Å²) in [7, 11) is -2.11. The molecule has 4 heterocycles. The highest BCUT2D eigenvalue weighted by Crippen LogP contribution is 2.25. The Morgan fingerprint density at radius 3 is 2.79 bits per heavy atom. The van der Waals surface area contributed by atoms with E-state index in [-0.39, 0.29) is 35.3 Å². The van der Waals surface area contributed by atoms with Crippen molar-refractivity contribution in [3.63, 3.8) is 0 Å². The van der Waals surface area contributed by atoms with Gasteiger partial charge >= 0.3 is 0 Å². The minimum absolute atomic E-state index is 0.0466. The summed E-state index contributed by atoms with van der Waals surface area (Å²) in [5.41, 5.74) is 0.355. The van der Waals surface area contributed by atoms with Crippen LogP contribution in [0, 0.1) is 5.92 Å². The summed E-state index contributed by atoms with van der Waals surface area (Å²) in [5, 5.41) is 13.7. The van der Waals surface area contributed by atoms with Crippen LogP contribution in [0.4, 0.5) is 5.69 Å². The molecule has 0 radical (unpaired) electrons. The molecular weight excluding hydrogens is 462 g/mol. The minimum Gasteiger partial charge on any atom is -0.467 e. The van der Waals surface area contributed by atoms with Crippen molar-refractivity contribution in [2.75, 3.05) is 18.4 Å². The fourth-order valence-corrected chi connectivity index (χ4v) is 5.31. The molecular formula is C21H27N7O5S. The van der Waals surface area contributed by atoms with E-state index >= 15 is 0 Å². The van der Waals surface area contributed by atoms with Gasteiger partial charge in [0.15, 0.2) is 5.69 Å². The molecule has 1 atom stereocenters. The Morgan fingerprint density at radius 1 is 1.29 bits per heavy atom. The lowest BCUT2D eigenvalue weighted by atomic mass is 9.99. The average molecular weight is 490 g/mol. The predicted molar refractivity (Wildman–Crippen MR) is 121 cm³/mol. The fourth-order valence-electron chi connectivity index (χ4n) is 3.80. The number of piperidine rings is 1. The number of furan rings is 1. The molecule has 3 aromatic rings. The van der Waals surface area contributed by atoms with E-state index in [0.29, 0.717) is 31.7 Å². The SMILES string of the molecule is CCn1cc(NC(=O)[C@@H]2CCCN(S(=O)(=O)c3cnn(C)c3)C2)c(C(=O)NCc2ccco2)n1. The number of rotatable bonds is 8. The zero-order chi connectivity index (χ0) is 24.3. The van der Waals surface area contributed by atoms with Gasteiger partial charge < -0.3 is 15.1 Å². The highest BCUT2D eigenvalue weighted by Gasteiger charge is 2.34. The van der Waals surface area contributed by atoms with Crippen molar-refractivity contribution >= 4 is 27.5 Å². The molecule has 1 aliphatic heterocycles. The molecule has 182 valence electrons. The summed E-state index contributed by atoms with van der Waals surface area (Å²) in [6, 6.07) is 3.46. The van der Waals surface area contributed by atoms with Gasteiger partial charge in [0, 0.05) is 39.1 Å². The Morgan fingerprint density at radius 2 is 2.12 bits per heavy atom. The lowest BCUT2D eigenvalue weighted by Gasteiger charge is -2.30. The Labute approximate surface area is 197 Å². The fraction of sp³-hybridized carbons (Fsp3) is 0.429. The van der Waals surface area contributed by atoms with Crippen molar-refractivity contribution < 1.29 is 22.4 Å². The molecule has 13 heteroatoms. The number of anilines is 1. The van der Waals surface area contributed by atoms with Crippen LogP contribution in [0.3, 0.4) is 0 Å². The summed E-state index contributed by atoms with van der Waals surface area (Å²) in [6.45, 7) is 2.93. The van der Waals surface area contributed by atoms with Crippen LogP contribution in [0.2, 0.25) is 0 Å². The maximum absolute atomic E-state index is 13.1. The first-order valence-corrected chi connectivity index (χ1v) is 12.4. The molecule has 0 aromatic carbocycles. The number of hydrogen-bond acceptors (Lipinski definition) is 7. The molecule has 2 amide bonds. The molecule has 0 aliphatic carbocycles. The molecule has 0 unspecified atom stereocenters. The molecule has 1 saturated heterocycles. The number of amides is 2. The van der Waals surface area contributed by atoms with Crippen LogP contribution in [0.25, 0.3) is 0 Å². The first kappa shape index (κ1) is 23.7. The monoisotopic (exact) mass is 489 g/mol. The predicted octanol–water partition coefficient (Wildman–Crippen LogP) is 1.20. The number of hydrogen-bond donors (Lipinski definition) is 2. The van der Waals surface area contributed by atoms with Gasteiger partial charge in [0.05, 0.1) is 30.6 Å². The van der Waals surface area contributed by atoms with E-state index in [0.717, 1.165) is 0 Å². The van der Waals surface area contributed by atoms with Gasteiger partial charge in [0.25, 0.3) is 5.91 Å². The van der Waals surface area contributed by atoms with Gasteiger partial charge in [-0.05, 0) is 31.9 Å². The molecule has 2 N–H and O–H groups in total. The van der Waals surface area contributed by atoms with Gasteiger partial charge in [0.2, 0.25) is 15.9 Å². The van der Waals surface area contributed by atoms with Crippen LogP contribution < -0.4 is 10.6 Å². The first-order valence-electron chi connectivity index (χ1n) is 11.0. The third-order valence-corrected chi connectivity index (χ3v) is 7.45. The van der Waals surface area contributed by atoms with Gasteiger partial charge in [-0.15, -0.1) is 0 Å². The molecule has 4 rings (SSSR count). The Kier molecular flexibility index (Phi) is 6.84. The highest BCUT2D eigenvalue weighted by molar-refractivity contribution is 7.89. The smallest absolute Gasteiger partial charge is 0.274 e. The van der Waals surface area contributed by atoms with Crippen LogP contribution in [0.5, 0.6) is 0 Å². The average Bonchev–Trinajstić information content (AvgIpc) is 3.59. The number of carbonyl (C=O) groups is 2. The molecule has 0 spiro atoms. The highest BCUT2D eigenvalue weighted by atomic mass is 32.2. The summed E-state index contributed by atoms with van der Waals surface area (Å²) in [4.78, 5) is 25.9. The lowest BCUT2D eigenvalue weighted by Crippen LogP contribution is -2.43. The van der Waals surface area contributed by atoms with Crippen LogP contribution in [-0.2, 0) is 35.0 Å². The normalized spacial score (nSPS) is 16.9. The van der Waals surface area contributed by atoms with Crippen LogP contribution in [-0.4, -0.2) is 57.2 Å². The maximum Gasteiger partial charge on any atom is 0.274 e. The van der Waals surface area contributed by atoms with Crippen molar-refractivity contribution in [3.05, 3.63) is 48.4 Å². The summed E-state index contributed by atoms with van der Waals surface area (Å²) < 4.78 is 35.4. The lowest BCUT2D eigenvalue weighted by molar-refractivity contribution is -0.120. The zero-order valence-corrected chi connectivity index (χ0v) is 19.8. The van der Waals surface area contributed by atoms with E-state index in [4.69, 9.17) is 4.42 Å². The van der Waals surface area contributed by atoms with Gasteiger partial charge in [-0.1, -0.05) is 0 Å². The number of nitrogens with one attached hydrogen (secondary N) is 2. The Hall–Kier alpha value is -3.45. The van der Waals surface area contributed by atoms with Crippen molar-refractivity contribution in [1.82, 2.24) is 29.2 Å². The summed E-state index contributed by atoms with van der Waals surface area (Å²) >= 11 is 0. The van der Waals surface area contributed by atoms with Crippen molar-refractivity contribution in [2.45, 2.75) is 37.8 Å². The second-order valence-corrected chi connectivity index (χ2v) is 9.99. The largest absolute Gasteiger partial charge is 0.467 e. The Bertz CT molecular complexity index is 1260. The van der Waals surface area contributed by atoms with E-state index < -0.39 is 21.8 Å². The zero-order valence-electron chi connectivity index (χ0n) is 19.0. The van der Waals surface area contributed by atoms with E-state index in [1.165, 1.54) is 27.6 Å². The molecule has 3 aromatic heterocycles. The van der Waals surface area contributed by atoms with Crippen LogP contribution in [0.15, 0.2) is 46.3 Å². The third kappa shape index (κ3) is 5.04. The van der Waals surface area contributed by atoms with Crippen LogP contribution >= 0.6 is 0 Å². The van der Waals surface area contributed by atoms with Gasteiger partial charge in [-0.25, -0.2) is 8.42 Å². The standard InChI is InChI=1S/C21H27N7O5S/c1-3-27-14-18(19(25-27)21(30)22-10-16-7-5-9-33-16)24-20(29)15-6-4-8-28(12-15)34(31,32)17-11-23-26(2)13-17/h5,7,9,11,13-15H,3-4,6,8,10,12H2,1-2H3,(H,22,30)(H,24,29)/t15-/m1/s1. The van der Waals surface area contributed by atoms with Crippen molar-refractivity contribution in [3.8, 4) is 0 Å². The maximum atomic E-state index is 13.1. The third-order valence-electron chi connectivity index (χ3n) is 5.64. The molecule has 1 fully saturated rings. The summed E-state index contributed by atoms with van der Waals surface area (Å²) in [5.74, 6) is -0.791. The minimum atomic E-state index is -3.75. The molecule has 0 saturated carbocycles. The number of aryl methyl sites for hydroxylation is 2. The van der Waals surface area contributed by atoms with E-state index in [2.05, 4.69) is 20.8 Å². The van der Waals surface area contributed by atoms with Crippen molar-refractivity contribution in [1.29, 1.82) is 0 Å². The number of carbonyl (C=O) groups excluding carboxylic acids is 2. The van der Waals surface area contributed by atoms with E-state index in [1.807, 2.05) is 6.92 Å². The summed E-state index contributed by atoms with van der Waals surface area (Å²) in [6.07, 6.45) is 6.92. The second-order valence-electron chi connectivity index (χ2n) is 8.05. The molecule has 34 heavy (non-hydrogen) atoms.